The lowest BCUT2D eigenvalue weighted by Crippen LogP contribution is -2.43. The number of morpholine rings is 1. The molecule has 1 atom stereocenters. The molecule has 4 rings (SSSR count). The maximum atomic E-state index is 5.82. The Labute approximate surface area is 139 Å². The number of para-hydroxylation sites is 1. The molecule has 8 heteroatoms. The Morgan fingerprint density at radius 1 is 1.17 bits per heavy atom. The Bertz CT molecular complexity index is 756. The number of aromatic nitrogens is 6. The highest BCUT2D eigenvalue weighted by molar-refractivity contribution is 5.28. The van der Waals surface area contributed by atoms with E-state index >= 15 is 0 Å². The van der Waals surface area contributed by atoms with Crippen molar-refractivity contribution in [2.45, 2.75) is 19.2 Å². The predicted molar refractivity (Wildman–Crippen MR) is 86.4 cm³/mol. The Balaban J connectivity index is 1.37. The number of hydrogen-bond donors (Lipinski definition) is 0. The molecule has 1 unspecified atom stereocenters. The fourth-order valence-electron chi connectivity index (χ4n) is 2.85. The third-order valence-electron chi connectivity index (χ3n) is 3.99. The van der Waals surface area contributed by atoms with Crippen LogP contribution in [0.25, 0.3) is 5.69 Å². The molecule has 1 aliphatic heterocycles. The van der Waals surface area contributed by atoms with E-state index in [4.69, 9.17) is 4.74 Å². The lowest BCUT2D eigenvalue weighted by Gasteiger charge is -2.32. The first-order valence-corrected chi connectivity index (χ1v) is 8.00. The molecule has 8 nitrogen and oxygen atoms in total. The summed E-state index contributed by atoms with van der Waals surface area (Å²) in [4.78, 5) is 7.97. The number of nitrogens with zero attached hydrogens (tertiary/aromatic N) is 7. The first kappa shape index (κ1) is 15.0. The Morgan fingerprint density at radius 2 is 2.08 bits per heavy atom. The molecule has 0 bridgehead atoms. The third kappa shape index (κ3) is 3.50. The topological polar surface area (TPSA) is 73.9 Å². The van der Waals surface area contributed by atoms with Gasteiger partial charge in [-0.1, -0.05) is 18.2 Å². The van der Waals surface area contributed by atoms with E-state index in [0.717, 1.165) is 31.0 Å². The zero-order valence-electron chi connectivity index (χ0n) is 13.3. The van der Waals surface area contributed by atoms with Gasteiger partial charge >= 0.3 is 0 Å². The highest BCUT2D eigenvalue weighted by atomic mass is 16.5. The second kappa shape index (κ2) is 6.90. The van der Waals surface area contributed by atoms with Gasteiger partial charge in [0.2, 0.25) is 0 Å². The second-order valence-electron chi connectivity index (χ2n) is 5.81. The van der Waals surface area contributed by atoms with Crippen molar-refractivity contribution in [2.75, 3.05) is 19.7 Å². The lowest BCUT2D eigenvalue weighted by atomic mass is 10.2. The second-order valence-corrected chi connectivity index (χ2v) is 5.81. The minimum atomic E-state index is 0.115. The Kier molecular flexibility index (Phi) is 4.30. The van der Waals surface area contributed by atoms with Crippen molar-refractivity contribution in [3.8, 4) is 5.69 Å². The fourth-order valence-corrected chi connectivity index (χ4v) is 2.85. The lowest BCUT2D eigenvalue weighted by molar-refractivity contribution is -0.0406. The van der Waals surface area contributed by atoms with Gasteiger partial charge in [-0.05, 0) is 12.1 Å². The molecule has 0 radical (unpaired) electrons. The molecule has 0 amide bonds. The molecule has 0 spiro atoms. The Hall–Kier alpha value is -2.58. The van der Waals surface area contributed by atoms with E-state index in [2.05, 4.69) is 25.2 Å². The van der Waals surface area contributed by atoms with Crippen LogP contribution in [-0.2, 0) is 17.8 Å². The van der Waals surface area contributed by atoms with Gasteiger partial charge in [-0.2, -0.15) is 20.1 Å². The fraction of sp³-hybridized carbons (Fsp3) is 0.375. The van der Waals surface area contributed by atoms with Crippen LogP contribution in [0.5, 0.6) is 0 Å². The molecule has 1 aromatic carbocycles. The van der Waals surface area contributed by atoms with Gasteiger partial charge in [0.15, 0.2) is 0 Å². The van der Waals surface area contributed by atoms with Crippen LogP contribution in [0.1, 0.15) is 5.69 Å². The smallest absolute Gasteiger partial charge is 0.137 e. The summed E-state index contributed by atoms with van der Waals surface area (Å²) in [5.74, 6) is 0. The van der Waals surface area contributed by atoms with Gasteiger partial charge in [-0.3, -0.25) is 9.58 Å². The minimum absolute atomic E-state index is 0.115. The molecular weight excluding hydrogens is 306 g/mol. The van der Waals surface area contributed by atoms with E-state index in [1.165, 1.54) is 0 Å². The van der Waals surface area contributed by atoms with Gasteiger partial charge in [0, 0.05) is 19.6 Å². The van der Waals surface area contributed by atoms with Crippen molar-refractivity contribution in [3.63, 3.8) is 0 Å². The molecule has 0 N–H and O–H groups in total. The standard InChI is InChI=1S/C16H19N7O/c1-2-4-15(5-3-1)23-18-8-14(20-23)9-21-6-7-24-16(10-21)11-22-13-17-12-19-22/h1-5,8,12-13,16H,6-7,9-11H2. The summed E-state index contributed by atoms with van der Waals surface area (Å²) >= 11 is 0. The summed E-state index contributed by atoms with van der Waals surface area (Å²) in [6, 6.07) is 9.93. The summed E-state index contributed by atoms with van der Waals surface area (Å²) < 4.78 is 7.63. The van der Waals surface area contributed by atoms with Crippen molar-refractivity contribution in [1.82, 2.24) is 34.7 Å². The van der Waals surface area contributed by atoms with Crippen LogP contribution >= 0.6 is 0 Å². The first-order valence-electron chi connectivity index (χ1n) is 8.00. The number of ether oxygens (including phenoxy) is 1. The van der Waals surface area contributed by atoms with E-state index in [-0.39, 0.29) is 6.10 Å². The van der Waals surface area contributed by atoms with Gasteiger partial charge in [-0.25, -0.2) is 4.98 Å². The van der Waals surface area contributed by atoms with Crippen LogP contribution in [0.4, 0.5) is 0 Å². The largest absolute Gasteiger partial charge is 0.374 e. The molecule has 1 saturated heterocycles. The summed E-state index contributed by atoms with van der Waals surface area (Å²) in [5.41, 5.74) is 1.93. The van der Waals surface area contributed by atoms with E-state index in [1.807, 2.05) is 36.5 Å². The summed E-state index contributed by atoms with van der Waals surface area (Å²) in [6.07, 6.45) is 5.20. The monoisotopic (exact) mass is 325 g/mol. The van der Waals surface area contributed by atoms with Crippen molar-refractivity contribution < 1.29 is 4.74 Å². The average Bonchev–Trinajstić information content (AvgIpc) is 3.28. The van der Waals surface area contributed by atoms with E-state index in [1.54, 1.807) is 22.1 Å². The maximum Gasteiger partial charge on any atom is 0.137 e. The van der Waals surface area contributed by atoms with Crippen LogP contribution in [0.15, 0.2) is 49.2 Å². The molecule has 1 fully saturated rings. The summed E-state index contributed by atoms with van der Waals surface area (Å²) in [5, 5.41) is 13.1. The number of rotatable bonds is 5. The molecule has 0 aliphatic carbocycles. The van der Waals surface area contributed by atoms with Crippen LogP contribution in [0.2, 0.25) is 0 Å². The van der Waals surface area contributed by atoms with Crippen LogP contribution in [-0.4, -0.2) is 60.5 Å². The quantitative estimate of drug-likeness (QED) is 0.689. The van der Waals surface area contributed by atoms with Crippen LogP contribution in [0, 0.1) is 0 Å². The zero-order valence-corrected chi connectivity index (χ0v) is 13.3. The number of hydrogen-bond acceptors (Lipinski definition) is 6. The average molecular weight is 325 g/mol. The normalized spacial score (nSPS) is 18.8. The van der Waals surface area contributed by atoms with Gasteiger partial charge in [-0.15, -0.1) is 0 Å². The molecule has 24 heavy (non-hydrogen) atoms. The highest BCUT2D eigenvalue weighted by Gasteiger charge is 2.22. The maximum absolute atomic E-state index is 5.82. The molecule has 3 heterocycles. The first-order chi connectivity index (χ1) is 11.9. The van der Waals surface area contributed by atoms with Crippen molar-refractivity contribution in [3.05, 3.63) is 54.9 Å². The highest BCUT2D eigenvalue weighted by Crippen LogP contribution is 2.11. The van der Waals surface area contributed by atoms with Crippen molar-refractivity contribution in [1.29, 1.82) is 0 Å². The van der Waals surface area contributed by atoms with Crippen molar-refractivity contribution >= 4 is 0 Å². The molecule has 3 aromatic rings. The Morgan fingerprint density at radius 3 is 2.92 bits per heavy atom. The van der Waals surface area contributed by atoms with Crippen LogP contribution in [0.3, 0.4) is 0 Å². The predicted octanol–water partition coefficient (Wildman–Crippen LogP) is 0.760. The molecule has 2 aromatic heterocycles. The van der Waals surface area contributed by atoms with E-state index < -0.39 is 0 Å². The van der Waals surface area contributed by atoms with Crippen LogP contribution < -0.4 is 0 Å². The molecular formula is C16H19N7O. The van der Waals surface area contributed by atoms with E-state index in [0.29, 0.717) is 13.2 Å². The van der Waals surface area contributed by atoms with Gasteiger partial charge in [0.05, 0.1) is 36.8 Å². The summed E-state index contributed by atoms with van der Waals surface area (Å²) in [6.45, 7) is 3.94. The molecule has 124 valence electrons. The van der Waals surface area contributed by atoms with Gasteiger partial charge in [0.1, 0.15) is 12.7 Å². The number of benzene rings is 1. The summed E-state index contributed by atoms with van der Waals surface area (Å²) in [7, 11) is 0. The zero-order chi connectivity index (χ0) is 16.2. The van der Waals surface area contributed by atoms with Gasteiger partial charge in [0.25, 0.3) is 0 Å². The van der Waals surface area contributed by atoms with Gasteiger partial charge < -0.3 is 4.74 Å². The molecule has 1 aliphatic rings. The van der Waals surface area contributed by atoms with Crippen molar-refractivity contribution in [2.24, 2.45) is 0 Å². The van der Waals surface area contributed by atoms with E-state index in [9.17, 15) is 0 Å². The SMILES string of the molecule is c1ccc(-n2ncc(CN3CCOC(Cn4cncn4)C3)n2)cc1. The third-order valence-corrected chi connectivity index (χ3v) is 3.99. The molecule has 0 saturated carbocycles. The minimum Gasteiger partial charge on any atom is -0.374 e.